The molecule has 0 aliphatic carbocycles. The van der Waals surface area contributed by atoms with E-state index in [9.17, 15) is 13.2 Å². The first-order chi connectivity index (χ1) is 6.88. The van der Waals surface area contributed by atoms with E-state index in [-0.39, 0.29) is 18.8 Å². The van der Waals surface area contributed by atoms with Gasteiger partial charge in [-0.05, 0) is 0 Å². The van der Waals surface area contributed by atoms with Gasteiger partial charge < -0.3 is 9.84 Å². The zero-order valence-corrected chi connectivity index (χ0v) is 8.94. The number of carboxylic acids is 1. The fourth-order valence-corrected chi connectivity index (χ4v) is 1.82. The van der Waals surface area contributed by atoms with Crippen LogP contribution in [0.3, 0.4) is 0 Å². The predicted molar refractivity (Wildman–Crippen MR) is 51.8 cm³/mol. The summed E-state index contributed by atoms with van der Waals surface area (Å²) in [5.41, 5.74) is 0. The Morgan fingerprint density at radius 3 is 2.80 bits per heavy atom. The molecule has 1 heterocycles. The number of hydrogen-bond donors (Lipinski definition) is 2. The van der Waals surface area contributed by atoms with Crippen molar-refractivity contribution in [1.82, 2.24) is 4.90 Å². The number of nitrogens with two attached hydrogens (primary N) is 1. The van der Waals surface area contributed by atoms with Gasteiger partial charge in [-0.3, -0.25) is 4.90 Å². The van der Waals surface area contributed by atoms with Crippen molar-refractivity contribution in [3.05, 3.63) is 0 Å². The van der Waals surface area contributed by atoms with Gasteiger partial charge in [0, 0.05) is 19.6 Å². The average Bonchev–Trinajstić information content (AvgIpc) is 2.14. The number of carbonyl (C=O) groups is 1. The van der Waals surface area contributed by atoms with Crippen molar-refractivity contribution in [2.45, 2.75) is 6.10 Å². The average molecular weight is 238 g/mol. The number of aliphatic carboxylic acids is 1. The van der Waals surface area contributed by atoms with Crippen molar-refractivity contribution in [1.29, 1.82) is 0 Å². The summed E-state index contributed by atoms with van der Waals surface area (Å²) >= 11 is 0. The van der Waals surface area contributed by atoms with E-state index >= 15 is 0 Å². The molecule has 0 aromatic rings. The molecule has 1 aliphatic heterocycles. The molecule has 1 saturated heterocycles. The zero-order valence-electron chi connectivity index (χ0n) is 8.13. The molecule has 0 aromatic carbocycles. The normalized spacial score (nSPS) is 23.9. The van der Waals surface area contributed by atoms with Crippen molar-refractivity contribution >= 4 is 16.0 Å². The number of carboxylic acid groups (broad SMARTS) is 1. The Labute approximate surface area is 87.9 Å². The van der Waals surface area contributed by atoms with E-state index in [2.05, 4.69) is 0 Å². The molecule has 8 heteroatoms. The topological polar surface area (TPSA) is 110 Å². The molecule has 0 saturated carbocycles. The summed E-state index contributed by atoms with van der Waals surface area (Å²) in [6, 6.07) is 0. The minimum absolute atomic E-state index is 0.167. The summed E-state index contributed by atoms with van der Waals surface area (Å²) in [5, 5.41) is 13.5. The number of sulfonamides is 1. The Bertz CT molecular complexity index is 328. The molecule has 1 unspecified atom stereocenters. The molecule has 0 spiro atoms. The zero-order chi connectivity index (χ0) is 11.5. The van der Waals surface area contributed by atoms with Crippen molar-refractivity contribution in [3.8, 4) is 0 Å². The predicted octanol–water partition coefficient (Wildman–Crippen LogP) is -1.94. The van der Waals surface area contributed by atoms with Gasteiger partial charge in [-0.15, -0.1) is 0 Å². The van der Waals surface area contributed by atoms with E-state index in [4.69, 9.17) is 15.0 Å². The van der Waals surface area contributed by atoms with Crippen molar-refractivity contribution < 1.29 is 23.1 Å². The number of ether oxygens (including phenoxy) is 1. The van der Waals surface area contributed by atoms with Gasteiger partial charge in [-0.25, -0.2) is 18.4 Å². The molecule has 1 rings (SSSR count). The maximum atomic E-state index is 10.7. The van der Waals surface area contributed by atoms with Crippen LogP contribution in [0, 0.1) is 0 Å². The fourth-order valence-electron chi connectivity index (χ4n) is 1.31. The summed E-state index contributed by atoms with van der Waals surface area (Å²) in [4.78, 5) is 12.3. The lowest BCUT2D eigenvalue weighted by Gasteiger charge is -2.30. The third-order valence-electron chi connectivity index (χ3n) is 2.12. The highest BCUT2D eigenvalue weighted by molar-refractivity contribution is 7.89. The standard InChI is InChI=1S/C7H14N2O5S/c8-15(12,13)4-2-9-1-3-14-6(5-9)7(10)11/h6H,1-5H2,(H,10,11)(H2,8,12,13). The lowest BCUT2D eigenvalue weighted by molar-refractivity contribution is -0.155. The van der Waals surface area contributed by atoms with Crippen molar-refractivity contribution in [2.75, 3.05) is 32.0 Å². The van der Waals surface area contributed by atoms with Gasteiger partial charge in [0.1, 0.15) is 0 Å². The van der Waals surface area contributed by atoms with Crippen LogP contribution < -0.4 is 5.14 Å². The van der Waals surface area contributed by atoms with Crippen LogP contribution in [0.5, 0.6) is 0 Å². The summed E-state index contributed by atoms with van der Waals surface area (Å²) < 4.78 is 26.4. The molecule has 88 valence electrons. The Morgan fingerprint density at radius 2 is 2.27 bits per heavy atom. The Kier molecular flexibility index (Phi) is 4.03. The van der Waals surface area contributed by atoms with Gasteiger partial charge in [0.15, 0.2) is 6.10 Å². The quantitative estimate of drug-likeness (QED) is 0.589. The van der Waals surface area contributed by atoms with Crippen LogP contribution in [0.1, 0.15) is 0 Å². The third kappa shape index (κ3) is 4.56. The first-order valence-corrected chi connectivity index (χ1v) is 6.17. The largest absolute Gasteiger partial charge is 0.479 e. The fraction of sp³-hybridized carbons (Fsp3) is 0.857. The maximum absolute atomic E-state index is 10.7. The van der Waals surface area contributed by atoms with Crippen molar-refractivity contribution in [3.63, 3.8) is 0 Å². The van der Waals surface area contributed by atoms with Crippen LogP contribution >= 0.6 is 0 Å². The summed E-state index contributed by atoms with van der Waals surface area (Å²) in [6.45, 7) is 1.26. The first-order valence-electron chi connectivity index (χ1n) is 4.46. The minimum atomic E-state index is -3.49. The van der Waals surface area contributed by atoms with E-state index < -0.39 is 22.1 Å². The first kappa shape index (κ1) is 12.4. The molecule has 1 aliphatic rings. The van der Waals surface area contributed by atoms with Gasteiger partial charge in [-0.2, -0.15) is 0 Å². The third-order valence-corrected chi connectivity index (χ3v) is 2.87. The van der Waals surface area contributed by atoms with Crippen molar-refractivity contribution in [2.24, 2.45) is 5.14 Å². The molecule has 0 aromatic heterocycles. The SMILES string of the molecule is NS(=O)(=O)CCN1CCOC(C(=O)O)C1. The number of nitrogens with zero attached hydrogens (tertiary/aromatic N) is 1. The molecule has 0 radical (unpaired) electrons. The molecular weight excluding hydrogens is 224 g/mol. The molecule has 3 N–H and O–H groups in total. The van der Waals surface area contributed by atoms with Gasteiger partial charge in [0.25, 0.3) is 0 Å². The highest BCUT2D eigenvalue weighted by Crippen LogP contribution is 2.05. The number of morpholine rings is 1. The van der Waals surface area contributed by atoms with Crippen LogP contribution in [-0.4, -0.2) is 62.5 Å². The lowest BCUT2D eigenvalue weighted by atomic mass is 10.3. The summed E-state index contributed by atoms with van der Waals surface area (Å²) in [5.74, 6) is -1.20. The number of rotatable bonds is 4. The van der Waals surface area contributed by atoms with E-state index in [1.165, 1.54) is 0 Å². The molecule has 0 bridgehead atoms. The van der Waals surface area contributed by atoms with Gasteiger partial charge in [-0.1, -0.05) is 0 Å². The summed E-state index contributed by atoms with van der Waals surface area (Å²) in [7, 11) is -3.49. The minimum Gasteiger partial charge on any atom is -0.479 e. The van der Waals surface area contributed by atoms with Gasteiger partial charge in [0.2, 0.25) is 10.0 Å². The second-order valence-corrected chi connectivity index (χ2v) is 5.10. The molecule has 7 nitrogen and oxygen atoms in total. The Morgan fingerprint density at radius 1 is 1.60 bits per heavy atom. The molecule has 1 atom stereocenters. The highest BCUT2D eigenvalue weighted by atomic mass is 32.2. The molecular formula is C7H14N2O5S. The van der Waals surface area contributed by atoms with Gasteiger partial charge >= 0.3 is 5.97 Å². The van der Waals surface area contributed by atoms with Crippen LogP contribution in [0.4, 0.5) is 0 Å². The van der Waals surface area contributed by atoms with E-state index in [0.717, 1.165) is 0 Å². The molecule has 1 fully saturated rings. The van der Waals surface area contributed by atoms with E-state index in [1.807, 2.05) is 0 Å². The van der Waals surface area contributed by atoms with E-state index in [0.29, 0.717) is 13.2 Å². The number of primary sulfonamides is 1. The van der Waals surface area contributed by atoms with Gasteiger partial charge in [0.05, 0.1) is 12.4 Å². The monoisotopic (exact) mass is 238 g/mol. The molecule has 15 heavy (non-hydrogen) atoms. The Hall–Kier alpha value is -0.700. The van der Waals surface area contributed by atoms with Crippen LogP contribution in [-0.2, 0) is 19.6 Å². The van der Waals surface area contributed by atoms with Crippen LogP contribution in [0.15, 0.2) is 0 Å². The highest BCUT2D eigenvalue weighted by Gasteiger charge is 2.26. The smallest absolute Gasteiger partial charge is 0.334 e. The van der Waals surface area contributed by atoms with Crippen LogP contribution in [0.25, 0.3) is 0 Å². The summed E-state index contributed by atoms with van der Waals surface area (Å²) in [6.07, 6.45) is -0.876. The van der Waals surface area contributed by atoms with Crippen LogP contribution in [0.2, 0.25) is 0 Å². The lowest BCUT2D eigenvalue weighted by Crippen LogP contribution is -2.47. The second kappa shape index (κ2) is 4.88. The maximum Gasteiger partial charge on any atom is 0.334 e. The molecule has 0 amide bonds. The second-order valence-electron chi connectivity index (χ2n) is 3.37. The Balaban J connectivity index is 2.40. The van der Waals surface area contributed by atoms with E-state index in [1.54, 1.807) is 4.90 Å². The number of hydrogen-bond acceptors (Lipinski definition) is 5.